The molecule has 0 bridgehead atoms. The van der Waals surface area contributed by atoms with Gasteiger partial charge in [-0.2, -0.15) is 0 Å². The van der Waals surface area contributed by atoms with Crippen molar-refractivity contribution in [3.05, 3.63) is 23.9 Å². The third-order valence-electron chi connectivity index (χ3n) is 1.99. The predicted molar refractivity (Wildman–Crippen MR) is 49.1 cm³/mol. The predicted octanol–water partition coefficient (Wildman–Crippen LogP) is 2.74. The highest BCUT2D eigenvalue weighted by molar-refractivity contribution is 4.98. The molecule has 1 nitrogen and oxygen atoms in total. The molecule has 0 unspecified atom stereocenters. The minimum absolute atomic E-state index is 1.08. The van der Waals surface area contributed by atoms with E-state index < -0.39 is 0 Å². The fraction of sp³-hybridized carbons (Fsp3) is 0.600. The molecule has 0 spiro atoms. The van der Waals surface area contributed by atoms with E-state index in [1.54, 1.807) is 0 Å². The first kappa shape index (κ1) is 8.38. The van der Waals surface area contributed by atoms with Crippen molar-refractivity contribution in [2.75, 3.05) is 0 Å². The van der Waals surface area contributed by atoms with Gasteiger partial charge in [0.05, 0.1) is 0 Å². The molecule has 0 radical (unpaired) electrons. The Hall–Kier alpha value is -0.720. The van der Waals surface area contributed by atoms with Crippen LogP contribution in [0.25, 0.3) is 0 Å². The van der Waals surface area contributed by atoms with Gasteiger partial charge in [0.15, 0.2) is 0 Å². The fourth-order valence-electron chi connectivity index (χ4n) is 1.29. The summed E-state index contributed by atoms with van der Waals surface area (Å²) in [5.74, 6) is 0. The van der Waals surface area contributed by atoms with E-state index >= 15 is 0 Å². The van der Waals surface area contributed by atoms with E-state index in [-0.39, 0.29) is 0 Å². The first-order valence-electron chi connectivity index (χ1n) is 4.49. The zero-order valence-electron chi connectivity index (χ0n) is 7.05. The van der Waals surface area contributed by atoms with E-state index in [0.717, 1.165) is 25.0 Å². The van der Waals surface area contributed by atoms with Crippen LogP contribution in [0.15, 0.2) is 23.9 Å². The minimum Gasteiger partial charge on any atom is -0.402 e. The summed E-state index contributed by atoms with van der Waals surface area (Å²) in [5.41, 5.74) is 6.85. The first-order chi connectivity index (χ1) is 5.39. The molecular formula is C10H17N. The lowest BCUT2D eigenvalue weighted by Crippen LogP contribution is -1.97. The van der Waals surface area contributed by atoms with Gasteiger partial charge in [0, 0.05) is 5.70 Å². The molecule has 0 saturated carbocycles. The highest BCUT2D eigenvalue weighted by Gasteiger charge is 1.92. The molecule has 1 aliphatic carbocycles. The van der Waals surface area contributed by atoms with Gasteiger partial charge in [-0.25, -0.2) is 0 Å². The van der Waals surface area contributed by atoms with E-state index in [4.69, 9.17) is 5.73 Å². The molecule has 0 heterocycles. The Bertz CT molecular complexity index is 156. The van der Waals surface area contributed by atoms with Gasteiger partial charge in [-0.15, -0.1) is 0 Å². The van der Waals surface area contributed by atoms with Crippen molar-refractivity contribution in [1.29, 1.82) is 0 Å². The van der Waals surface area contributed by atoms with Crippen molar-refractivity contribution in [2.24, 2.45) is 5.73 Å². The summed E-state index contributed by atoms with van der Waals surface area (Å²) in [6, 6.07) is 0. The van der Waals surface area contributed by atoms with Gasteiger partial charge in [0.2, 0.25) is 0 Å². The summed E-state index contributed by atoms with van der Waals surface area (Å²) in [4.78, 5) is 0. The average Bonchev–Trinajstić information content (AvgIpc) is 2.03. The van der Waals surface area contributed by atoms with Crippen molar-refractivity contribution < 1.29 is 0 Å². The Morgan fingerprint density at radius 2 is 1.82 bits per heavy atom. The van der Waals surface area contributed by atoms with Gasteiger partial charge in [-0.05, 0) is 38.5 Å². The molecule has 1 aliphatic rings. The molecule has 0 aromatic rings. The van der Waals surface area contributed by atoms with Crippen molar-refractivity contribution >= 4 is 0 Å². The Balaban J connectivity index is 2.36. The van der Waals surface area contributed by atoms with E-state index in [2.05, 4.69) is 18.2 Å². The first-order valence-corrected chi connectivity index (χ1v) is 4.49. The summed E-state index contributed by atoms with van der Waals surface area (Å²) < 4.78 is 0. The quantitative estimate of drug-likeness (QED) is 0.529. The third kappa shape index (κ3) is 3.87. The molecule has 1 rings (SSSR count). The van der Waals surface area contributed by atoms with Gasteiger partial charge in [-0.1, -0.05) is 18.2 Å². The topological polar surface area (TPSA) is 26.0 Å². The number of hydrogen-bond donors (Lipinski definition) is 1. The standard InChI is InChI=1S/C10H17N/c11-10-8-6-4-2-1-3-5-7-9-10/h1-2,8H,3-7,9,11H2/b2-1-,10-8-. The number of nitrogens with two attached hydrogens (primary N) is 1. The molecule has 0 aromatic heterocycles. The zero-order chi connectivity index (χ0) is 7.94. The maximum atomic E-state index is 5.76. The molecule has 1 heteroatoms. The van der Waals surface area contributed by atoms with Gasteiger partial charge in [0.1, 0.15) is 0 Å². The van der Waals surface area contributed by atoms with E-state index in [1.165, 1.54) is 19.3 Å². The highest BCUT2D eigenvalue weighted by Crippen LogP contribution is 2.09. The van der Waals surface area contributed by atoms with Crippen LogP contribution >= 0.6 is 0 Å². The molecule has 2 N–H and O–H groups in total. The van der Waals surface area contributed by atoms with Gasteiger partial charge >= 0.3 is 0 Å². The van der Waals surface area contributed by atoms with Crippen molar-refractivity contribution in [2.45, 2.75) is 38.5 Å². The van der Waals surface area contributed by atoms with Crippen LogP contribution in [0, 0.1) is 0 Å². The molecule has 0 saturated heterocycles. The van der Waals surface area contributed by atoms with Crippen LogP contribution in [0.5, 0.6) is 0 Å². The van der Waals surface area contributed by atoms with E-state index in [1.807, 2.05) is 0 Å². The summed E-state index contributed by atoms with van der Waals surface area (Å²) in [6.07, 6.45) is 13.8. The monoisotopic (exact) mass is 151 g/mol. The zero-order valence-corrected chi connectivity index (χ0v) is 7.05. The van der Waals surface area contributed by atoms with Crippen molar-refractivity contribution in [3.63, 3.8) is 0 Å². The molecule has 11 heavy (non-hydrogen) atoms. The summed E-state index contributed by atoms with van der Waals surface area (Å²) in [6.45, 7) is 0. The van der Waals surface area contributed by atoms with Gasteiger partial charge in [0.25, 0.3) is 0 Å². The molecule has 0 aromatic carbocycles. The summed E-state index contributed by atoms with van der Waals surface area (Å²) in [5, 5.41) is 0. The average molecular weight is 151 g/mol. The fourth-order valence-corrected chi connectivity index (χ4v) is 1.29. The van der Waals surface area contributed by atoms with Crippen molar-refractivity contribution in [3.8, 4) is 0 Å². The molecule has 0 aliphatic heterocycles. The summed E-state index contributed by atoms with van der Waals surface area (Å²) >= 11 is 0. The van der Waals surface area contributed by atoms with Crippen LogP contribution in [0.1, 0.15) is 38.5 Å². The Labute approximate surface area is 69.0 Å². The van der Waals surface area contributed by atoms with Crippen LogP contribution < -0.4 is 5.73 Å². The molecular weight excluding hydrogens is 134 g/mol. The maximum absolute atomic E-state index is 5.76. The molecule has 0 fully saturated rings. The SMILES string of the molecule is N/C1=C\CC/C=C\CCCC1. The lowest BCUT2D eigenvalue weighted by Gasteiger charge is -2.02. The normalized spacial score (nSPS) is 28.5. The van der Waals surface area contributed by atoms with E-state index in [9.17, 15) is 0 Å². The number of hydrogen-bond acceptors (Lipinski definition) is 1. The van der Waals surface area contributed by atoms with Gasteiger partial charge < -0.3 is 5.73 Å². The molecule has 62 valence electrons. The Morgan fingerprint density at radius 3 is 2.73 bits per heavy atom. The highest BCUT2D eigenvalue weighted by atomic mass is 14.6. The minimum atomic E-state index is 1.08. The van der Waals surface area contributed by atoms with E-state index in [0.29, 0.717) is 0 Å². The molecule has 0 atom stereocenters. The maximum Gasteiger partial charge on any atom is 0.00400 e. The second kappa shape index (κ2) is 5.00. The van der Waals surface area contributed by atoms with Crippen LogP contribution in [-0.4, -0.2) is 0 Å². The Kier molecular flexibility index (Phi) is 3.81. The van der Waals surface area contributed by atoms with Crippen LogP contribution in [-0.2, 0) is 0 Å². The van der Waals surface area contributed by atoms with Crippen LogP contribution in [0.2, 0.25) is 0 Å². The Morgan fingerprint density at radius 1 is 1.00 bits per heavy atom. The van der Waals surface area contributed by atoms with Crippen LogP contribution in [0.3, 0.4) is 0 Å². The second-order valence-electron chi connectivity index (χ2n) is 3.07. The smallest absolute Gasteiger partial charge is 0.00400 e. The summed E-state index contributed by atoms with van der Waals surface area (Å²) in [7, 11) is 0. The third-order valence-corrected chi connectivity index (χ3v) is 1.99. The van der Waals surface area contributed by atoms with Crippen molar-refractivity contribution in [1.82, 2.24) is 0 Å². The number of allylic oxidation sites excluding steroid dienone is 4. The lowest BCUT2D eigenvalue weighted by atomic mass is 10.1. The second-order valence-corrected chi connectivity index (χ2v) is 3.07. The van der Waals surface area contributed by atoms with Crippen LogP contribution in [0.4, 0.5) is 0 Å². The largest absolute Gasteiger partial charge is 0.402 e. The number of rotatable bonds is 0. The lowest BCUT2D eigenvalue weighted by molar-refractivity contribution is 0.728. The molecule has 0 amide bonds. The van der Waals surface area contributed by atoms with Gasteiger partial charge in [-0.3, -0.25) is 0 Å².